The number of hydrogen-bond donors (Lipinski definition) is 1. The summed E-state index contributed by atoms with van der Waals surface area (Å²) in [4.78, 5) is 12.3. The van der Waals surface area contributed by atoms with Gasteiger partial charge in [0.15, 0.2) is 5.82 Å². The summed E-state index contributed by atoms with van der Waals surface area (Å²) in [5, 5.41) is 6.85. The molecule has 27 heavy (non-hydrogen) atoms. The van der Waals surface area contributed by atoms with Crippen molar-refractivity contribution in [3.8, 4) is 0 Å². The predicted octanol–water partition coefficient (Wildman–Crippen LogP) is 2.56. The van der Waals surface area contributed by atoms with E-state index in [1.54, 1.807) is 52.6 Å². The van der Waals surface area contributed by atoms with Crippen molar-refractivity contribution < 1.29 is 13.2 Å². The first kappa shape index (κ1) is 19.6. The first-order valence-corrected chi connectivity index (χ1v) is 10.8. The topological polar surface area (TPSA) is 84.3 Å². The molecule has 0 aliphatic carbocycles. The Hall–Kier alpha value is -2.19. The van der Waals surface area contributed by atoms with E-state index in [-0.39, 0.29) is 5.91 Å². The maximum absolute atomic E-state index is 12.8. The number of rotatable bonds is 6. The Morgan fingerprint density at radius 1 is 1.07 bits per heavy atom. The second kappa shape index (κ2) is 8.67. The van der Waals surface area contributed by atoms with E-state index in [0.29, 0.717) is 36.6 Å². The van der Waals surface area contributed by atoms with Crippen molar-refractivity contribution in [1.82, 2.24) is 14.1 Å². The summed E-state index contributed by atoms with van der Waals surface area (Å²) in [5.74, 6) is 0.413. The van der Waals surface area contributed by atoms with Crippen LogP contribution in [0.4, 0.5) is 5.82 Å². The number of aryl methyl sites for hydroxylation is 2. The molecule has 1 aliphatic rings. The highest BCUT2D eigenvalue weighted by molar-refractivity contribution is 7.89. The van der Waals surface area contributed by atoms with Gasteiger partial charge in [0.25, 0.3) is 0 Å². The van der Waals surface area contributed by atoms with Crippen molar-refractivity contribution in [2.45, 2.75) is 43.4 Å². The number of amides is 1. The van der Waals surface area contributed by atoms with E-state index in [1.165, 1.54) is 0 Å². The average molecular weight is 391 g/mol. The molecule has 1 aliphatic heterocycles. The Morgan fingerprint density at radius 3 is 2.33 bits per heavy atom. The van der Waals surface area contributed by atoms with Crippen LogP contribution in [0.15, 0.2) is 41.4 Å². The number of aromatic nitrogens is 2. The first-order chi connectivity index (χ1) is 12.9. The molecule has 0 bridgehead atoms. The Balaban J connectivity index is 1.57. The molecular weight excluding hydrogens is 364 g/mol. The summed E-state index contributed by atoms with van der Waals surface area (Å²) in [6.07, 6.45) is 6.64. The van der Waals surface area contributed by atoms with Crippen molar-refractivity contribution in [3.05, 3.63) is 42.1 Å². The van der Waals surface area contributed by atoms with Gasteiger partial charge in [-0.05, 0) is 37.0 Å². The number of anilines is 1. The lowest BCUT2D eigenvalue weighted by atomic mass is 10.1. The molecule has 1 aromatic carbocycles. The average Bonchev–Trinajstić information content (AvgIpc) is 2.88. The van der Waals surface area contributed by atoms with Gasteiger partial charge in [-0.15, -0.1) is 0 Å². The normalized spacial score (nSPS) is 16.0. The SMILES string of the molecule is Cn1ccc(NC(=O)CCc2ccc(S(=O)(=O)N3CCCCCC3)cc2)n1. The number of carbonyl (C=O) groups excluding carboxylic acids is 1. The lowest BCUT2D eigenvalue weighted by molar-refractivity contribution is -0.116. The zero-order valence-electron chi connectivity index (χ0n) is 15.6. The van der Waals surface area contributed by atoms with E-state index in [4.69, 9.17) is 0 Å². The van der Waals surface area contributed by atoms with Gasteiger partial charge in [-0.3, -0.25) is 9.48 Å². The molecule has 146 valence electrons. The summed E-state index contributed by atoms with van der Waals surface area (Å²) < 4.78 is 28.8. The van der Waals surface area contributed by atoms with E-state index >= 15 is 0 Å². The zero-order valence-corrected chi connectivity index (χ0v) is 16.4. The zero-order chi connectivity index (χ0) is 19.3. The Morgan fingerprint density at radius 2 is 1.74 bits per heavy atom. The third-order valence-electron chi connectivity index (χ3n) is 4.75. The number of sulfonamides is 1. The first-order valence-electron chi connectivity index (χ1n) is 9.34. The molecule has 1 aromatic heterocycles. The maximum atomic E-state index is 12.8. The Bertz CT molecular complexity index is 867. The second-order valence-corrected chi connectivity index (χ2v) is 8.82. The summed E-state index contributed by atoms with van der Waals surface area (Å²) >= 11 is 0. The van der Waals surface area contributed by atoms with Gasteiger partial charge < -0.3 is 5.32 Å². The predicted molar refractivity (Wildman–Crippen MR) is 104 cm³/mol. The lowest BCUT2D eigenvalue weighted by Gasteiger charge is -2.20. The quantitative estimate of drug-likeness (QED) is 0.822. The molecule has 0 unspecified atom stereocenters. The second-order valence-electron chi connectivity index (χ2n) is 6.89. The minimum atomic E-state index is -3.43. The summed E-state index contributed by atoms with van der Waals surface area (Å²) in [6, 6.07) is 8.61. The van der Waals surface area contributed by atoms with Crippen molar-refractivity contribution in [2.75, 3.05) is 18.4 Å². The van der Waals surface area contributed by atoms with Crippen molar-refractivity contribution in [3.63, 3.8) is 0 Å². The number of benzene rings is 1. The molecular formula is C19H26N4O3S. The third-order valence-corrected chi connectivity index (χ3v) is 6.66. The van der Waals surface area contributed by atoms with Crippen molar-refractivity contribution in [1.29, 1.82) is 0 Å². The molecule has 1 N–H and O–H groups in total. The molecule has 2 aromatic rings. The molecule has 2 heterocycles. The van der Waals surface area contributed by atoms with Crippen LogP contribution < -0.4 is 5.32 Å². The number of carbonyl (C=O) groups is 1. The fourth-order valence-electron chi connectivity index (χ4n) is 3.20. The van der Waals surface area contributed by atoms with Crippen LogP contribution in [0.1, 0.15) is 37.7 Å². The minimum absolute atomic E-state index is 0.116. The molecule has 0 saturated carbocycles. The van der Waals surface area contributed by atoms with Crippen LogP contribution in [-0.4, -0.2) is 41.5 Å². The van der Waals surface area contributed by atoms with Gasteiger partial charge in [0, 0.05) is 38.8 Å². The van der Waals surface area contributed by atoms with Gasteiger partial charge >= 0.3 is 0 Å². The smallest absolute Gasteiger partial charge is 0.243 e. The van der Waals surface area contributed by atoms with Gasteiger partial charge in [0.05, 0.1) is 4.90 Å². The van der Waals surface area contributed by atoms with Crippen molar-refractivity contribution in [2.24, 2.45) is 7.05 Å². The standard InChI is InChI=1S/C19H26N4O3S/c1-22-15-12-18(21-22)20-19(24)11-8-16-6-9-17(10-7-16)27(25,26)23-13-4-2-3-5-14-23/h6-7,9-10,12,15H,2-5,8,11,13-14H2,1H3,(H,20,21,24). The molecule has 7 nitrogen and oxygen atoms in total. The van der Waals surface area contributed by atoms with Crippen LogP contribution in [0.3, 0.4) is 0 Å². The van der Waals surface area contributed by atoms with Gasteiger partial charge in [-0.25, -0.2) is 8.42 Å². The molecule has 0 radical (unpaired) electrons. The van der Waals surface area contributed by atoms with E-state index in [9.17, 15) is 13.2 Å². The van der Waals surface area contributed by atoms with Crippen LogP contribution in [0.2, 0.25) is 0 Å². The number of hydrogen-bond acceptors (Lipinski definition) is 4. The molecule has 3 rings (SSSR count). The van der Waals surface area contributed by atoms with E-state index < -0.39 is 10.0 Å². The number of nitrogens with zero attached hydrogens (tertiary/aromatic N) is 3. The Kier molecular flexibility index (Phi) is 6.28. The van der Waals surface area contributed by atoms with Gasteiger partial charge in [0.1, 0.15) is 0 Å². The number of nitrogens with one attached hydrogen (secondary N) is 1. The van der Waals surface area contributed by atoms with E-state index in [1.807, 2.05) is 0 Å². The van der Waals surface area contributed by atoms with Crippen LogP contribution >= 0.6 is 0 Å². The van der Waals surface area contributed by atoms with Crippen LogP contribution in [0, 0.1) is 0 Å². The monoisotopic (exact) mass is 390 g/mol. The van der Waals surface area contributed by atoms with Gasteiger partial charge in [0.2, 0.25) is 15.9 Å². The Labute approximate surface area is 160 Å². The van der Waals surface area contributed by atoms with Gasteiger partial charge in [-0.2, -0.15) is 9.40 Å². The largest absolute Gasteiger partial charge is 0.309 e. The summed E-state index contributed by atoms with van der Waals surface area (Å²) in [6.45, 7) is 1.19. The van der Waals surface area contributed by atoms with Crippen LogP contribution in [-0.2, 0) is 28.3 Å². The highest BCUT2D eigenvalue weighted by atomic mass is 32.2. The molecule has 8 heteroatoms. The summed E-state index contributed by atoms with van der Waals surface area (Å²) in [7, 11) is -1.64. The van der Waals surface area contributed by atoms with Crippen LogP contribution in [0.25, 0.3) is 0 Å². The maximum Gasteiger partial charge on any atom is 0.243 e. The fourth-order valence-corrected chi connectivity index (χ4v) is 4.72. The fraction of sp³-hybridized carbons (Fsp3) is 0.474. The summed E-state index contributed by atoms with van der Waals surface area (Å²) in [5.41, 5.74) is 0.931. The molecule has 0 atom stereocenters. The van der Waals surface area contributed by atoms with E-state index in [0.717, 1.165) is 31.2 Å². The molecule has 1 amide bonds. The van der Waals surface area contributed by atoms with Gasteiger partial charge in [-0.1, -0.05) is 25.0 Å². The minimum Gasteiger partial charge on any atom is -0.309 e. The van der Waals surface area contributed by atoms with Crippen LogP contribution in [0.5, 0.6) is 0 Å². The highest BCUT2D eigenvalue weighted by Crippen LogP contribution is 2.21. The molecule has 1 fully saturated rings. The highest BCUT2D eigenvalue weighted by Gasteiger charge is 2.24. The molecule has 0 spiro atoms. The lowest BCUT2D eigenvalue weighted by Crippen LogP contribution is -2.31. The van der Waals surface area contributed by atoms with E-state index in [2.05, 4.69) is 10.4 Å². The van der Waals surface area contributed by atoms with Crippen molar-refractivity contribution >= 4 is 21.7 Å². The third kappa shape index (κ3) is 5.17. The molecule has 1 saturated heterocycles.